The summed E-state index contributed by atoms with van der Waals surface area (Å²) < 4.78 is 4.85. The van der Waals surface area contributed by atoms with Gasteiger partial charge in [-0.25, -0.2) is 4.79 Å². The Morgan fingerprint density at radius 1 is 1.30 bits per heavy atom. The van der Waals surface area contributed by atoms with E-state index in [1.807, 2.05) is 6.07 Å². The second-order valence-corrected chi connectivity index (χ2v) is 5.99. The van der Waals surface area contributed by atoms with E-state index in [4.69, 9.17) is 4.74 Å². The summed E-state index contributed by atoms with van der Waals surface area (Å²) in [6, 6.07) is 5.39. The average molecular weight is 311 g/mol. The summed E-state index contributed by atoms with van der Waals surface area (Å²) in [5.74, 6) is -0.334. The predicted octanol–water partition coefficient (Wildman–Crippen LogP) is 4.50. The molecule has 0 saturated heterocycles. The SMILES string of the molecule is CCCCCC1=Cc2[nH]c3cccc(C(=O)OC)c3c2C(=O)C1. The van der Waals surface area contributed by atoms with Crippen molar-refractivity contribution in [1.82, 2.24) is 4.98 Å². The molecule has 0 amide bonds. The molecule has 0 spiro atoms. The topological polar surface area (TPSA) is 59.2 Å². The zero-order chi connectivity index (χ0) is 16.4. The standard InChI is InChI=1S/C19H21NO3/c1-3-4-5-7-12-10-15-18(16(21)11-12)17-13(19(22)23-2)8-6-9-14(17)20-15/h6,8-10,20H,3-5,7,11H2,1-2H3. The molecule has 2 aromatic rings. The van der Waals surface area contributed by atoms with E-state index in [1.54, 1.807) is 12.1 Å². The van der Waals surface area contributed by atoms with Gasteiger partial charge in [-0.05, 0) is 31.1 Å². The second kappa shape index (κ2) is 6.41. The van der Waals surface area contributed by atoms with Gasteiger partial charge in [-0.2, -0.15) is 0 Å². The molecule has 0 radical (unpaired) electrons. The normalized spacial score (nSPS) is 13.8. The van der Waals surface area contributed by atoms with Crippen LogP contribution in [0.2, 0.25) is 0 Å². The number of carbonyl (C=O) groups excluding carboxylic acids is 2. The molecule has 0 bridgehead atoms. The maximum Gasteiger partial charge on any atom is 0.338 e. The number of aromatic amines is 1. The number of benzene rings is 1. The van der Waals surface area contributed by atoms with Crippen molar-refractivity contribution in [1.29, 1.82) is 0 Å². The number of fused-ring (bicyclic) bond motifs is 3. The van der Waals surface area contributed by atoms with E-state index in [9.17, 15) is 9.59 Å². The largest absolute Gasteiger partial charge is 0.465 e. The first kappa shape index (κ1) is 15.5. The lowest BCUT2D eigenvalue weighted by atomic mass is 9.90. The van der Waals surface area contributed by atoms with Crippen molar-refractivity contribution < 1.29 is 14.3 Å². The van der Waals surface area contributed by atoms with Crippen LogP contribution in [0.1, 0.15) is 65.4 Å². The molecule has 4 heteroatoms. The van der Waals surface area contributed by atoms with E-state index in [1.165, 1.54) is 25.5 Å². The average Bonchev–Trinajstić information content (AvgIpc) is 2.93. The van der Waals surface area contributed by atoms with Crippen LogP contribution in [0.5, 0.6) is 0 Å². The third-order valence-electron chi connectivity index (χ3n) is 4.37. The molecule has 0 unspecified atom stereocenters. The van der Waals surface area contributed by atoms with Crippen LogP contribution in [0, 0.1) is 0 Å². The van der Waals surface area contributed by atoms with Crippen LogP contribution in [0.4, 0.5) is 0 Å². The van der Waals surface area contributed by atoms with Crippen LogP contribution in [0.15, 0.2) is 23.8 Å². The number of ether oxygens (including phenoxy) is 1. The van der Waals surface area contributed by atoms with E-state index >= 15 is 0 Å². The Kier molecular flexibility index (Phi) is 4.33. The highest BCUT2D eigenvalue weighted by Gasteiger charge is 2.26. The number of allylic oxidation sites excluding steroid dienone is 1. The fourth-order valence-corrected chi connectivity index (χ4v) is 3.26. The third-order valence-corrected chi connectivity index (χ3v) is 4.37. The Balaban J connectivity index is 2.07. The number of hydrogen-bond acceptors (Lipinski definition) is 3. The Morgan fingerprint density at radius 3 is 2.87 bits per heavy atom. The quantitative estimate of drug-likeness (QED) is 0.653. The van der Waals surface area contributed by atoms with Gasteiger partial charge in [0, 0.05) is 17.3 Å². The lowest BCUT2D eigenvalue weighted by Crippen LogP contribution is -2.09. The minimum Gasteiger partial charge on any atom is -0.465 e. The number of rotatable bonds is 5. The number of hydrogen-bond donors (Lipinski definition) is 1. The van der Waals surface area contributed by atoms with E-state index in [0.29, 0.717) is 22.9 Å². The molecular weight excluding hydrogens is 290 g/mol. The predicted molar refractivity (Wildman–Crippen MR) is 90.7 cm³/mol. The summed E-state index contributed by atoms with van der Waals surface area (Å²) in [6.45, 7) is 2.17. The van der Waals surface area contributed by atoms with Crippen molar-refractivity contribution in [2.75, 3.05) is 7.11 Å². The minimum absolute atomic E-state index is 0.0802. The number of unbranched alkanes of at least 4 members (excludes halogenated alkanes) is 2. The molecule has 1 aliphatic rings. The zero-order valence-corrected chi connectivity index (χ0v) is 13.6. The number of esters is 1. The third kappa shape index (κ3) is 2.81. The van der Waals surface area contributed by atoms with Gasteiger partial charge in [-0.1, -0.05) is 31.4 Å². The minimum atomic E-state index is -0.414. The molecule has 1 aliphatic carbocycles. The maximum absolute atomic E-state index is 12.7. The van der Waals surface area contributed by atoms with E-state index in [0.717, 1.165) is 24.1 Å². The van der Waals surface area contributed by atoms with Crippen molar-refractivity contribution in [3.8, 4) is 0 Å². The summed E-state index contributed by atoms with van der Waals surface area (Å²) in [4.78, 5) is 27.9. The Bertz CT molecular complexity index is 798. The van der Waals surface area contributed by atoms with Gasteiger partial charge in [0.25, 0.3) is 0 Å². The monoisotopic (exact) mass is 311 g/mol. The van der Waals surface area contributed by atoms with E-state index in [2.05, 4.69) is 18.0 Å². The maximum atomic E-state index is 12.7. The highest BCUT2D eigenvalue weighted by Crippen LogP contribution is 2.34. The molecule has 1 heterocycles. The molecular formula is C19H21NO3. The number of aromatic nitrogens is 1. The molecule has 3 rings (SSSR count). The summed E-state index contributed by atoms with van der Waals surface area (Å²) in [7, 11) is 1.35. The van der Waals surface area contributed by atoms with Crippen LogP contribution in [-0.4, -0.2) is 23.8 Å². The van der Waals surface area contributed by atoms with E-state index in [-0.39, 0.29) is 5.78 Å². The Hall–Kier alpha value is -2.36. The van der Waals surface area contributed by atoms with Gasteiger partial charge in [0.2, 0.25) is 0 Å². The van der Waals surface area contributed by atoms with Crippen LogP contribution < -0.4 is 0 Å². The number of H-pyrrole nitrogens is 1. The molecule has 0 saturated carbocycles. The number of nitrogens with one attached hydrogen (secondary N) is 1. The van der Waals surface area contributed by atoms with Gasteiger partial charge >= 0.3 is 5.97 Å². The molecule has 0 fully saturated rings. The van der Waals surface area contributed by atoms with Gasteiger partial charge in [0.1, 0.15) is 0 Å². The lowest BCUT2D eigenvalue weighted by molar-refractivity contribution is 0.0603. The Labute approximate surface area is 135 Å². The smallest absolute Gasteiger partial charge is 0.338 e. The first-order valence-corrected chi connectivity index (χ1v) is 8.11. The molecule has 23 heavy (non-hydrogen) atoms. The summed E-state index contributed by atoms with van der Waals surface area (Å²) >= 11 is 0. The summed E-state index contributed by atoms with van der Waals surface area (Å²) in [5, 5.41) is 0.684. The van der Waals surface area contributed by atoms with Gasteiger partial charge in [0.15, 0.2) is 5.78 Å². The van der Waals surface area contributed by atoms with Crippen LogP contribution in [0.25, 0.3) is 17.0 Å². The summed E-state index contributed by atoms with van der Waals surface area (Å²) in [5.41, 5.74) is 3.86. The lowest BCUT2D eigenvalue weighted by Gasteiger charge is -2.13. The van der Waals surface area contributed by atoms with Gasteiger partial charge in [0.05, 0.1) is 23.9 Å². The summed E-state index contributed by atoms with van der Waals surface area (Å²) in [6.07, 6.45) is 6.93. The number of carbonyl (C=O) groups is 2. The van der Waals surface area contributed by atoms with Crippen LogP contribution in [0.3, 0.4) is 0 Å². The second-order valence-electron chi connectivity index (χ2n) is 5.99. The van der Waals surface area contributed by atoms with Crippen LogP contribution in [-0.2, 0) is 4.74 Å². The number of methoxy groups -OCH3 is 1. The molecule has 120 valence electrons. The fourth-order valence-electron chi connectivity index (χ4n) is 3.26. The zero-order valence-electron chi connectivity index (χ0n) is 13.6. The Morgan fingerprint density at radius 2 is 2.13 bits per heavy atom. The first-order chi connectivity index (χ1) is 11.2. The molecule has 1 N–H and O–H groups in total. The molecule has 0 atom stereocenters. The number of ketones is 1. The van der Waals surface area contributed by atoms with Crippen molar-refractivity contribution in [3.63, 3.8) is 0 Å². The molecule has 1 aromatic heterocycles. The van der Waals surface area contributed by atoms with E-state index < -0.39 is 5.97 Å². The highest BCUT2D eigenvalue weighted by atomic mass is 16.5. The van der Waals surface area contributed by atoms with Gasteiger partial charge in [-0.3, -0.25) is 4.79 Å². The molecule has 0 aliphatic heterocycles. The van der Waals surface area contributed by atoms with Crippen molar-refractivity contribution >= 4 is 28.7 Å². The highest BCUT2D eigenvalue weighted by molar-refractivity contribution is 6.18. The van der Waals surface area contributed by atoms with Crippen molar-refractivity contribution in [2.45, 2.75) is 39.0 Å². The van der Waals surface area contributed by atoms with Crippen molar-refractivity contribution in [3.05, 3.63) is 40.6 Å². The molecule has 4 nitrogen and oxygen atoms in total. The van der Waals surface area contributed by atoms with Crippen molar-refractivity contribution in [2.24, 2.45) is 0 Å². The molecule has 1 aromatic carbocycles. The van der Waals surface area contributed by atoms with Gasteiger partial charge in [-0.15, -0.1) is 0 Å². The number of Topliss-reactive ketones (excluding diaryl/α,β-unsaturated/α-hetero) is 1. The first-order valence-electron chi connectivity index (χ1n) is 8.11. The van der Waals surface area contributed by atoms with Crippen LogP contribution >= 0.6 is 0 Å². The van der Waals surface area contributed by atoms with Gasteiger partial charge < -0.3 is 9.72 Å². The fraction of sp³-hybridized carbons (Fsp3) is 0.368.